The molecule has 0 N–H and O–H groups in total. The second kappa shape index (κ2) is 5.48. The quantitative estimate of drug-likeness (QED) is 0.817. The zero-order valence-electron chi connectivity index (χ0n) is 10.0. The average Bonchev–Trinajstić information content (AvgIpc) is 2.40. The van der Waals surface area contributed by atoms with Crippen molar-refractivity contribution in [2.75, 3.05) is 11.9 Å². The molecule has 1 amide bonds. The Morgan fingerprint density at radius 3 is 2.53 bits per heavy atom. The highest BCUT2D eigenvalue weighted by Gasteiger charge is 2.19. The number of hydrogen-bond acceptors (Lipinski definition) is 1. The second-order valence-electron chi connectivity index (χ2n) is 3.94. The average molecular weight is 326 g/mol. The van der Waals surface area contributed by atoms with Gasteiger partial charge in [0.05, 0.1) is 11.3 Å². The molecule has 0 aliphatic carbocycles. The number of anilines is 1. The van der Waals surface area contributed by atoms with Gasteiger partial charge in [-0.1, -0.05) is 12.1 Å². The summed E-state index contributed by atoms with van der Waals surface area (Å²) >= 11 is 3.18. The predicted octanol–water partition coefficient (Wildman–Crippen LogP) is 4.00. The fourth-order valence-electron chi connectivity index (χ4n) is 1.68. The molecule has 0 radical (unpaired) electrons. The summed E-state index contributed by atoms with van der Waals surface area (Å²) in [7, 11) is 1.44. The molecule has 2 aromatic carbocycles. The van der Waals surface area contributed by atoms with Crippen LogP contribution in [0.3, 0.4) is 0 Å². The fraction of sp³-hybridized carbons (Fsp3) is 0.0714. The van der Waals surface area contributed by atoms with Crippen molar-refractivity contribution in [1.29, 1.82) is 0 Å². The molecule has 2 nitrogen and oxygen atoms in total. The van der Waals surface area contributed by atoms with Crippen LogP contribution in [0, 0.1) is 11.6 Å². The normalized spacial score (nSPS) is 10.3. The first-order chi connectivity index (χ1) is 9.00. The molecule has 98 valence electrons. The molecule has 0 aliphatic heterocycles. The van der Waals surface area contributed by atoms with Crippen molar-refractivity contribution in [1.82, 2.24) is 0 Å². The topological polar surface area (TPSA) is 20.3 Å². The summed E-state index contributed by atoms with van der Waals surface area (Å²) in [4.78, 5) is 13.4. The molecule has 0 spiro atoms. The number of carbonyl (C=O) groups is 1. The summed E-state index contributed by atoms with van der Waals surface area (Å²) in [5.41, 5.74) is 0.286. The van der Waals surface area contributed by atoms with Crippen molar-refractivity contribution in [3.05, 3.63) is 64.1 Å². The molecular formula is C14H10BrF2NO. The number of hydrogen-bond donors (Lipinski definition) is 0. The summed E-state index contributed by atoms with van der Waals surface area (Å²) in [5, 5.41) is 0. The van der Waals surface area contributed by atoms with Gasteiger partial charge in [0, 0.05) is 11.5 Å². The Kier molecular flexibility index (Phi) is 3.95. The van der Waals surface area contributed by atoms with E-state index < -0.39 is 17.5 Å². The van der Waals surface area contributed by atoms with Gasteiger partial charge in [0.1, 0.15) is 11.6 Å². The number of halogens is 3. The van der Waals surface area contributed by atoms with Gasteiger partial charge in [0.25, 0.3) is 5.91 Å². The first-order valence-electron chi connectivity index (χ1n) is 5.48. The van der Waals surface area contributed by atoms with Crippen molar-refractivity contribution >= 4 is 27.5 Å². The maximum Gasteiger partial charge on any atom is 0.259 e. The van der Waals surface area contributed by atoms with Gasteiger partial charge in [0.2, 0.25) is 0 Å². The Bertz CT molecular complexity index is 631. The Balaban J connectivity index is 2.39. The molecule has 0 unspecified atom stereocenters. The highest BCUT2D eigenvalue weighted by atomic mass is 79.9. The van der Waals surface area contributed by atoms with E-state index in [4.69, 9.17) is 0 Å². The Labute approximate surface area is 117 Å². The van der Waals surface area contributed by atoms with E-state index in [-0.39, 0.29) is 11.3 Å². The highest BCUT2D eigenvalue weighted by molar-refractivity contribution is 9.10. The van der Waals surface area contributed by atoms with Crippen LogP contribution in [0.1, 0.15) is 10.4 Å². The van der Waals surface area contributed by atoms with Gasteiger partial charge in [0.15, 0.2) is 0 Å². The number of para-hydroxylation sites is 1. The smallest absolute Gasteiger partial charge is 0.259 e. The van der Waals surface area contributed by atoms with Crippen molar-refractivity contribution in [3.8, 4) is 0 Å². The molecule has 0 aromatic heterocycles. The maximum absolute atomic E-state index is 13.6. The largest absolute Gasteiger partial charge is 0.309 e. The molecule has 0 saturated carbocycles. The van der Waals surface area contributed by atoms with Crippen LogP contribution in [0.4, 0.5) is 14.5 Å². The van der Waals surface area contributed by atoms with E-state index in [1.807, 2.05) is 0 Å². The zero-order chi connectivity index (χ0) is 14.0. The summed E-state index contributed by atoms with van der Waals surface area (Å²) < 4.78 is 27.3. The molecule has 0 saturated heterocycles. The van der Waals surface area contributed by atoms with Crippen LogP contribution in [0.5, 0.6) is 0 Å². The summed E-state index contributed by atoms with van der Waals surface area (Å²) in [6.45, 7) is 0. The summed E-state index contributed by atoms with van der Waals surface area (Å²) in [5.74, 6) is -1.52. The van der Waals surface area contributed by atoms with E-state index in [1.54, 1.807) is 6.07 Å². The van der Waals surface area contributed by atoms with Crippen molar-refractivity contribution < 1.29 is 13.6 Å². The van der Waals surface area contributed by atoms with Crippen LogP contribution >= 0.6 is 15.9 Å². The fourth-order valence-corrected chi connectivity index (χ4v) is 2.09. The lowest BCUT2D eigenvalue weighted by atomic mass is 10.2. The molecule has 19 heavy (non-hydrogen) atoms. The minimum atomic E-state index is -0.520. The molecule has 0 atom stereocenters. The molecule has 0 bridgehead atoms. The lowest BCUT2D eigenvalue weighted by molar-refractivity contribution is 0.0991. The Morgan fingerprint density at radius 1 is 1.16 bits per heavy atom. The summed E-state index contributed by atoms with van der Waals surface area (Å²) in [6.07, 6.45) is 0. The highest BCUT2D eigenvalue weighted by Crippen LogP contribution is 2.23. The van der Waals surface area contributed by atoms with Crippen LogP contribution in [-0.4, -0.2) is 13.0 Å². The van der Waals surface area contributed by atoms with E-state index in [0.717, 1.165) is 11.0 Å². The lowest BCUT2D eigenvalue weighted by Crippen LogP contribution is -2.27. The minimum Gasteiger partial charge on any atom is -0.309 e. The minimum absolute atomic E-state index is 0.142. The van der Waals surface area contributed by atoms with Crippen molar-refractivity contribution in [2.45, 2.75) is 0 Å². The van der Waals surface area contributed by atoms with Gasteiger partial charge < -0.3 is 4.90 Å². The van der Waals surface area contributed by atoms with Gasteiger partial charge >= 0.3 is 0 Å². The number of amides is 1. The molecule has 5 heteroatoms. The molecule has 0 heterocycles. The number of rotatable bonds is 2. The van der Waals surface area contributed by atoms with Gasteiger partial charge in [-0.2, -0.15) is 0 Å². The van der Waals surface area contributed by atoms with Gasteiger partial charge in [-0.05, 0) is 46.3 Å². The van der Waals surface area contributed by atoms with E-state index >= 15 is 0 Å². The first-order valence-corrected chi connectivity index (χ1v) is 6.27. The van der Waals surface area contributed by atoms with E-state index in [9.17, 15) is 13.6 Å². The SMILES string of the molecule is CN(C(=O)c1cc(F)ccc1Br)c1ccccc1F. The number of nitrogens with zero attached hydrogens (tertiary/aromatic N) is 1. The number of benzene rings is 2. The third-order valence-corrected chi connectivity index (χ3v) is 3.37. The molecule has 0 aliphatic rings. The Hall–Kier alpha value is -1.75. The monoisotopic (exact) mass is 325 g/mol. The second-order valence-corrected chi connectivity index (χ2v) is 4.79. The van der Waals surface area contributed by atoms with Gasteiger partial charge in [-0.15, -0.1) is 0 Å². The molecular weight excluding hydrogens is 316 g/mol. The van der Waals surface area contributed by atoms with Crippen molar-refractivity contribution in [3.63, 3.8) is 0 Å². The van der Waals surface area contributed by atoms with Crippen LogP contribution in [0.15, 0.2) is 46.9 Å². The van der Waals surface area contributed by atoms with E-state index in [1.165, 1.54) is 37.4 Å². The molecule has 2 rings (SSSR count). The van der Waals surface area contributed by atoms with Crippen LogP contribution < -0.4 is 4.90 Å². The number of carbonyl (C=O) groups excluding carboxylic acids is 1. The van der Waals surface area contributed by atoms with Crippen LogP contribution in [0.25, 0.3) is 0 Å². The maximum atomic E-state index is 13.6. The standard InChI is InChI=1S/C14H10BrF2NO/c1-18(13-5-3-2-4-12(13)17)14(19)10-8-9(16)6-7-11(10)15/h2-8H,1H3. The molecule has 0 fully saturated rings. The van der Waals surface area contributed by atoms with Gasteiger partial charge in [-0.3, -0.25) is 4.79 Å². The van der Waals surface area contributed by atoms with Gasteiger partial charge in [-0.25, -0.2) is 8.78 Å². The third kappa shape index (κ3) is 2.81. The van der Waals surface area contributed by atoms with E-state index in [2.05, 4.69) is 15.9 Å². The predicted molar refractivity (Wildman–Crippen MR) is 73.2 cm³/mol. The lowest BCUT2D eigenvalue weighted by Gasteiger charge is -2.18. The summed E-state index contributed by atoms with van der Waals surface area (Å²) in [6, 6.07) is 9.71. The van der Waals surface area contributed by atoms with E-state index in [0.29, 0.717) is 4.47 Å². The first kappa shape index (κ1) is 13.7. The van der Waals surface area contributed by atoms with Crippen molar-refractivity contribution in [2.24, 2.45) is 0 Å². The van der Waals surface area contributed by atoms with Crippen LogP contribution in [-0.2, 0) is 0 Å². The Morgan fingerprint density at radius 2 is 1.84 bits per heavy atom. The molecule has 2 aromatic rings. The zero-order valence-corrected chi connectivity index (χ0v) is 11.6. The van der Waals surface area contributed by atoms with Crippen LogP contribution in [0.2, 0.25) is 0 Å². The third-order valence-electron chi connectivity index (χ3n) is 2.68.